The molecule has 3 N–H and O–H groups in total. The molecule has 21 heavy (non-hydrogen) atoms. The average molecular weight is 360 g/mol. The second kappa shape index (κ2) is 6.83. The molecule has 0 bridgehead atoms. The van der Waals surface area contributed by atoms with Gasteiger partial charge in [-0.05, 0) is 34.8 Å². The molecule has 2 atom stereocenters. The van der Waals surface area contributed by atoms with E-state index in [0.29, 0.717) is 18.6 Å². The van der Waals surface area contributed by atoms with Gasteiger partial charge in [-0.25, -0.2) is 5.84 Å². The third-order valence-electron chi connectivity index (χ3n) is 3.11. The third kappa shape index (κ3) is 3.69. The van der Waals surface area contributed by atoms with Crippen molar-refractivity contribution in [3.05, 3.63) is 32.8 Å². The van der Waals surface area contributed by atoms with E-state index in [1.165, 1.54) is 6.07 Å². The second-order valence-corrected chi connectivity index (χ2v) is 5.28. The van der Waals surface area contributed by atoms with Gasteiger partial charge in [-0.1, -0.05) is 6.07 Å². The monoisotopic (exact) mass is 359 g/mol. The number of nitro benzene ring substituents is 1. The maximum Gasteiger partial charge on any atom is 0.287 e. The quantitative estimate of drug-likeness (QED) is 0.354. The minimum absolute atomic E-state index is 0.0692. The fraction of sp³-hybridized carbons (Fsp3) is 0.417. The van der Waals surface area contributed by atoms with Gasteiger partial charge in [-0.3, -0.25) is 20.3 Å². The zero-order chi connectivity index (χ0) is 15.4. The molecule has 9 heteroatoms. The highest BCUT2D eigenvalue weighted by atomic mass is 79.9. The van der Waals surface area contributed by atoms with Gasteiger partial charge in [0.1, 0.15) is 22.9 Å². The molecule has 1 aliphatic rings. The molecule has 1 heterocycles. The van der Waals surface area contributed by atoms with Crippen molar-refractivity contribution >= 4 is 27.5 Å². The van der Waals surface area contributed by atoms with E-state index in [1.54, 1.807) is 12.1 Å². The maximum absolute atomic E-state index is 11.3. The number of amides is 1. The maximum atomic E-state index is 11.3. The predicted octanol–water partition coefficient (Wildman–Crippen LogP) is 1.27. The highest BCUT2D eigenvalue weighted by Gasteiger charge is 2.31. The lowest BCUT2D eigenvalue weighted by molar-refractivity contribution is -0.385. The lowest BCUT2D eigenvalue weighted by atomic mass is 10.2. The number of nitrogens with one attached hydrogen (secondary N) is 1. The highest BCUT2D eigenvalue weighted by molar-refractivity contribution is 9.10. The molecule has 2 unspecified atom stereocenters. The van der Waals surface area contributed by atoms with Crippen molar-refractivity contribution < 1.29 is 19.2 Å². The molecule has 1 aromatic rings. The Morgan fingerprint density at radius 1 is 1.57 bits per heavy atom. The molecule has 2 rings (SSSR count). The lowest BCUT2D eigenvalue weighted by Gasteiger charge is -2.14. The first-order valence-corrected chi connectivity index (χ1v) is 7.04. The first kappa shape index (κ1) is 15.7. The fourth-order valence-corrected chi connectivity index (χ4v) is 2.57. The van der Waals surface area contributed by atoms with E-state index in [4.69, 9.17) is 15.3 Å². The van der Waals surface area contributed by atoms with Crippen LogP contribution >= 0.6 is 15.9 Å². The van der Waals surface area contributed by atoms with Crippen LogP contribution in [0, 0.1) is 10.1 Å². The van der Waals surface area contributed by atoms with Gasteiger partial charge in [0.25, 0.3) is 11.6 Å². The second-order valence-electron chi connectivity index (χ2n) is 4.49. The molecule has 0 aromatic heterocycles. The SMILES string of the molecule is NNC(=O)C1CCC(COc2cccc([N+](=O)[O-])c2Br)O1. The zero-order valence-corrected chi connectivity index (χ0v) is 12.5. The van der Waals surface area contributed by atoms with Gasteiger partial charge in [0.2, 0.25) is 0 Å². The summed E-state index contributed by atoms with van der Waals surface area (Å²) >= 11 is 3.15. The van der Waals surface area contributed by atoms with Crippen LogP contribution in [-0.2, 0) is 9.53 Å². The van der Waals surface area contributed by atoms with Crippen LogP contribution in [0.25, 0.3) is 0 Å². The van der Waals surface area contributed by atoms with Crippen molar-refractivity contribution in [3.8, 4) is 5.75 Å². The zero-order valence-electron chi connectivity index (χ0n) is 11.0. The Bertz CT molecular complexity index is 554. The Morgan fingerprint density at radius 3 is 3.00 bits per heavy atom. The molecular formula is C12H14BrN3O5. The number of nitrogens with two attached hydrogens (primary N) is 1. The number of hydrogen-bond acceptors (Lipinski definition) is 6. The minimum Gasteiger partial charge on any atom is -0.489 e. The molecule has 0 aliphatic carbocycles. The summed E-state index contributed by atoms with van der Waals surface area (Å²) in [5.41, 5.74) is 1.97. The number of benzene rings is 1. The smallest absolute Gasteiger partial charge is 0.287 e. The van der Waals surface area contributed by atoms with Crippen LogP contribution in [0.3, 0.4) is 0 Å². The van der Waals surface area contributed by atoms with Crippen molar-refractivity contribution in [2.45, 2.75) is 25.0 Å². The van der Waals surface area contributed by atoms with E-state index in [0.717, 1.165) is 0 Å². The predicted molar refractivity (Wildman–Crippen MR) is 76.5 cm³/mol. The van der Waals surface area contributed by atoms with Gasteiger partial charge in [-0.15, -0.1) is 0 Å². The summed E-state index contributed by atoms with van der Waals surface area (Å²) < 4.78 is 11.3. The van der Waals surface area contributed by atoms with E-state index >= 15 is 0 Å². The Balaban J connectivity index is 1.94. The molecular weight excluding hydrogens is 346 g/mol. The molecule has 114 valence electrons. The van der Waals surface area contributed by atoms with Gasteiger partial charge in [0, 0.05) is 6.07 Å². The van der Waals surface area contributed by atoms with E-state index in [9.17, 15) is 14.9 Å². The molecule has 1 fully saturated rings. The first-order chi connectivity index (χ1) is 10.0. The van der Waals surface area contributed by atoms with Crippen molar-refractivity contribution in [2.75, 3.05) is 6.61 Å². The van der Waals surface area contributed by atoms with Crippen molar-refractivity contribution in [2.24, 2.45) is 5.84 Å². The third-order valence-corrected chi connectivity index (χ3v) is 3.90. The molecule has 1 saturated heterocycles. The Labute approximate surface area is 128 Å². The summed E-state index contributed by atoms with van der Waals surface area (Å²) in [7, 11) is 0. The van der Waals surface area contributed by atoms with Crippen molar-refractivity contribution in [1.29, 1.82) is 0 Å². The number of nitrogens with zero attached hydrogens (tertiary/aromatic N) is 1. The molecule has 8 nitrogen and oxygen atoms in total. The largest absolute Gasteiger partial charge is 0.489 e. The topological polar surface area (TPSA) is 117 Å². The average Bonchev–Trinajstić information content (AvgIpc) is 2.94. The standard InChI is InChI=1S/C12H14BrN3O5/c13-11-8(16(18)19)2-1-3-9(11)20-6-7-4-5-10(21-7)12(17)15-14/h1-3,7,10H,4-6,14H2,(H,15,17). The lowest BCUT2D eigenvalue weighted by Crippen LogP contribution is -2.39. The van der Waals surface area contributed by atoms with Crippen molar-refractivity contribution in [3.63, 3.8) is 0 Å². The molecule has 1 aromatic carbocycles. The van der Waals surface area contributed by atoms with Gasteiger partial charge in [-0.2, -0.15) is 0 Å². The first-order valence-electron chi connectivity index (χ1n) is 6.24. The van der Waals surface area contributed by atoms with E-state index in [2.05, 4.69) is 15.9 Å². The number of carbonyl (C=O) groups is 1. The van der Waals surface area contributed by atoms with Crippen molar-refractivity contribution in [1.82, 2.24) is 5.43 Å². The number of rotatable bonds is 5. The molecule has 1 amide bonds. The van der Waals surface area contributed by atoms with Gasteiger partial charge < -0.3 is 9.47 Å². The fourth-order valence-electron chi connectivity index (χ4n) is 2.05. The highest BCUT2D eigenvalue weighted by Crippen LogP contribution is 2.34. The number of hydrazine groups is 1. The van der Waals surface area contributed by atoms with Crippen LogP contribution in [0.2, 0.25) is 0 Å². The summed E-state index contributed by atoms with van der Waals surface area (Å²) in [5.74, 6) is 5.04. The Hall–Kier alpha value is -1.71. The Kier molecular flexibility index (Phi) is 5.10. The number of ether oxygens (including phenoxy) is 2. The van der Waals surface area contributed by atoms with Crippen LogP contribution in [0.15, 0.2) is 22.7 Å². The number of halogens is 1. The minimum atomic E-state index is -0.572. The molecule has 1 aliphatic heterocycles. The molecule has 0 spiro atoms. The summed E-state index contributed by atoms with van der Waals surface area (Å²) in [6, 6.07) is 4.54. The van der Waals surface area contributed by atoms with E-state index < -0.39 is 11.0 Å². The number of carbonyl (C=O) groups excluding carboxylic acids is 1. The molecule has 0 radical (unpaired) electrons. The molecule has 0 saturated carbocycles. The van der Waals surface area contributed by atoms with Gasteiger partial charge in [0.05, 0.1) is 11.0 Å². The van der Waals surface area contributed by atoms with Crippen LogP contribution < -0.4 is 16.0 Å². The number of nitro groups is 1. The summed E-state index contributed by atoms with van der Waals surface area (Å²) in [5, 5.41) is 10.8. The van der Waals surface area contributed by atoms with Crippen LogP contribution in [-0.4, -0.2) is 29.6 Å². The van der Waals surface area contributed by atoms with E-state index in [-0.39, 0.29) is 28.8 Å². The van der Waals surface area contributed by atoms with Crippen LogP contribution in [0.4, 0.5) is 5.69 Å². The van der Waals surface area contributed by atoms with Gasteiger partial charge >= 0.3 is 0 Å². The summed E-state index contributed by atoms with van der Waals surface area (Å²) in [6.45, 7) is 0.202. The van der Waals surface area contributed by atoms with Crippen LogP contribution in [0.1, 0.15) is 12.8 Å². The van der Waals surface area contributed by atoms with E-state index in [1.807, 2.05) is 5.43 Å². The summed E-state index contributed by atoms with van der Waals surface area (Å²) in [6.07, 6.45) is 0.397. The van der Waals surface area contributed by atoms with Crippen LogP contribution in [0.5, 0.6) is 5.75 Å². The van der Waals surface area contributed by atoms with Gasteiger partial charge in [0.15, 0.2) is 0 Å². The summed E-state index contributed by atoms with van der Waals surface area (Å²) in [4.78, 5) is 21.7. The Morgan fingerprint density at radius 2 is 2.33 bits per heavy atom. The number of hydrogen-bond donors (Lipinski definition) is 2. The normalized spacial score (nSPS) is 21.0.